The highest BCUT2D eigenvalue weighted by Gasteiger charge is 2.27. The summed E-state index contributed by atoms with van der Waals surface area (Å²) in [7, 11) is 2.04. The normalized spacial score (nSPS) is 20.4. The number of aromatic nitrogens is 2. The van der Waals surface area contributed by atoms with E-state index < -0.39 is 0 Å². The zero-order valence-electron chi connectivity index (χ0n) is 10.0. The summed E-state index contributed by atoms with van der Waals surface area (Å²) in [4.78, 5) is 6.89. The molecular weight excluding hydrogens is 214 g/mol. The van der Waals surface area contributed by atoms with Gasteiger partial charge >= 0.3 is 0 Å². The van der Waals surface area contributed by atoms with Crippen molar-refractivity contribution in [2.24, 2.45) is 7.05 Å². The third kappa shape index (κ3) is 1.60. The van der Waals surface area contributed by atoms with Gasteiger partial charge in [-0.1, -0.05) is 12.1 Å². The number of rotatable bonds is 2. The van der Waals surface area contributed by atoms with Crippen molar-refractivity contribution in [3.63, 3.8) is 0 Å². The van der Waals surface area contributed by atoms with Gasteiger partial charge < -0.3 is 14.6 Å². The van der Waals surface area contributed by atoms with Crippen molar-refractivity contribution >= 4 is 17.0 Å². The Balaban J connectivity index is 2.08. The van der Waals surface area contributed by atoms with Gasteiger partial charge in [-0.15, -0.1) is 0 Å². The Morgan fingerprint density at radius 2 is 2.24 bits per heavy atom. The van der Waals surface area contributed by atoms with Gasteiger partial charge in [-0.05, 0) is 25.0 Å². The Bertz CT molecular complexity index is 534. The minimum Gasteiger partial charge on any atom is -0.394 e. The Kier molecular flexibility index (Phi) is 2.52. The summed E-state index contributed by atoms with van der Waals surface area (Å²) in [5.41, 5.74) is 2.17. The van der Waals surface area contributed by atoms with Crippen LogP contribution in [0.4, 0.5) is 5.95 Å². The molecule has 0 bridgehead atoms. The SMILES string of the molecule is Cn1c(N2CCCC2CO)nc2ccccc21. The summed E-state index contributed by atoms with van der Waals surface area (Å²) in [5.74, 6) is 0.975. The van der Waals surface area contributed by atoms with E-state index in [-0.39, 0.29) is 12.6 Å². The number of aryl methyl sites for hydroxylation is 1. The average molecular weight is 231 g/mol. The van der Waals surface area contributed by atoms with Crippen LogP contribution in [0.1, 0.15) is 12.8 Å². The van der Waals surface area contributed by atoms with Gasteiger partial charge in [-0.25, -0.2) is 4.98 Å². The zero-order chi connectivity index (χ0) is 11.8. The van der Waals surface area contributed by atoms with Crippen molar-refractivity contribution < 1.29 is 5.11 Å². The number of benzene rings is 1. The zero-order valence-corrected chi connectivity index (χ0v) is 10.0. The van der Waals surface area contributed by atoms with Crippen LogP contribution in [0.15, 0.2) is 24.3 Å². The number of anilines is 1. The maximum absolute atomic E-state index is 9.38. The maximum Gasteiger partial charge on any atom is 0.206 e. The molecule has 0 radical (unpaired) electrons. The first-order valence-electron chi connectivity index (χ1n) is 6.10. The fraction of sp³-hybridized carbons (Fsp3) is 0.462. The quantitative estimate of drug-likeness (QED) is 0.852. The van der Waals surface area contributed by atoms with E-state index in [9.17, 15) is 5.11 Å². The van der Waals surface area contributed by atoms with Gasteiger partial charge in [0.2, 0.25) is 5.95 Å². The first-order valence-corrected chi connectivity index (χ1v) is 6.10. The Morgan fingerprint density at radius 3 is 3.00 bits per heavy atom. The van der Waals surface area contributed by atoms with Crippen LogP contribution in [-0.4, -0.2) is 33.9 Å². The summed E-state index contributed by atoms with van der Waals surface area (Å²) in [6.45, 7) is 1.20. The molecule has 1 aromatic heterocycles. The number of hydrogen-bond acceptors (Lipinski definition) is 3. The van der Waals surface area contributed by atoms with E-state index in [0.29, 0.717) is 0 Å². The van der Waals surface area contributed by atoms with Crippen LogP contribution in [-0.2, 0) is 7.05 Å². The third-order valence-electron chi connectivity index (χ3n) is 3.61. The molecule has 1 atom stereocenters. The molecule has 4 nitrogen and oxygen atoms in total. The van der Waals surface area contributed by atoms with Crippen molar-refractivity contribution in [2.45, 2.75) is 18.9 Å². The fourth-order valence-corrected chi connectivity index (χ4v) is 2.68. The second-order valence-corrected chi connectivity index (χ2v) is 4.63. The molecule has 0 aliphatic carbocycles. The lowest BCUT2D eigenvalue weighted by molar-refractivity contribution is 0.265. The molecule has 1 saturated heterocycles. The lowest BCUT2D eigenvalue weighted by atomic mass is 10.2. The maximum atomic E-state index is 9.38. The summed E-state index contributed by atoms with van der Waals surface area (Å²) >= 11 is 0. The summed E-state index contributed by atoms with van der Waals surface area (Å²) in [6.07, 6.45) is 2.19. The average Bonchev–Trinajstić information content (AvgIpc) is 2.94. The number of aliphatic hydroxyl groups excluding tert-OH is 1. The Labute approximate surface area is 100 Å². The number of hydrogen-bond donors (Lipinski definition) is 1. The van der Waals surface area contributed by atoms with Gasteiger partial charge in [0, 0.05) is 13.6 Å². The first kappa shape index (κ1) is 10.6. The highest BCUT2D eigenvalue weighted by molar-refractivity contribution is 5.78. The molecule has 90 valence electrons. The third-order valence-corrected chi connectivity index (χ3v) is 3.61. The molecule has 17 heavy (non-hydrogen) atoms. The summed E-state index contributed by atoms with van der Waals surface area (Å²) in [6, 6.07) is 8.37. The van der Waals surface area contributed by atoms with Crippen molar-refractivity contribution in [2.75, 3.05) is 18.1 Å². The molecule has 2 aromatic rings. The van der Waals surface area contributed by atoms with E-state index in [1.54, 1.807) is 0 Å². The molecular formula is C13H17N3O. The molecule has 1 N–H and O–H groups in total. The molecule has 0 amide bonds. The second kappa shape index (κ2) is 4.04. The minimum absolute atomic E-state index is 0.212. The van der Waals surface area contributed by atoms with Crippen molar-refractivity contribution in [1.29, 1.82) is 0 Å². The Morgan fingerprint density at radius 1 is 1.41 bits per heavy atom. The lowest BCUT2D eigenvalue weighted by Crippen LogP contribution is -2.33. The smallest absolute Gasteiger partial charge is 0.206 e. The number of para-hydroxylation sites is 2. The van der Waals surface area contributed by atoms with Gasteiger partial charge in [0.15, 0.2) is 0 Å². The molecule has 2 heterocycles. The molecule has 1 aromatic carbocycles. The fourth-order valence-electron chi connectivity index (χ4n) is 2.68. The monoisotopic (exact) mass is 231 g/mol. The topological polar surface area (TPSA) is 41.3 Å². The van der Waals surface area contributed by atoms with Gasteiger partial charge in [0.25, 0.3) is 0 Å². The highest BCUT2D eigenvalue weighted by Crippen LogP contribution is 2.27. The highest BCUT2D eigenvalue weighted by atomic mass is 16.3. The van der Waals surface area contributed by atoms with Crippen LogP contribution in [0.3, 0.4) is 0 Å². The molecule has 1 unspecified atom stereocenters. The Hall–Kier alpha value is -1.55. The van der Waals surface area contributed by atoms with Crippen LogP contribution in [0.2, 0.25) is 0 Å². The van der Waals surface area contributed by atoms with Crippen molar-refractivity contribution in [1.82, 2.24) is 9.55 Å². The molecule has 1 aliphatic rings. The van der Waals surface area contributed by atoms with Crippen molar-refractivity contribution in [3.05, 3.63) is 24.3 Å². The predicted octanol–water partition coefficient (Wildman–Crippen LogP) is 1.53. The van der Waals surface area contributed by atoms with Crippen LogP contribution in [0, 0.1) is 0 Å². The largest absolute Gasteiger partial charge is 0.394 e. The van der Waals surface area contributed by atoms with E-state index in [1.807, 2.05) is 25.2 Å². The first-order chi connectivity index (χ1) is 8.31. The minimum atomic E-state index is 0.212. The van der Waals surface area contributed by atoms with Gasteiger partial charge in [0.1, 0.15) is 0 Å². The van der Waals surface area contributed by atoms with Crippen LogP contribution < -0.4 is 4.90 Å². The molecule has 1 fully saturated rings. The molecule has 3 rings (SSSR count). The molecule has 4 heteroatoms. The van der Waals surface area contributed by atoms with Crippen LogP contribution >= 0.6 is 0 Å². The molecule has 0 spiro atoms. The van der Waals surface area contributed by atoms with E-state index in [0.717, 1.165) is 36.4 Å². The standard InChI is InChI=1S/C13H17N3O/c1-15-12-7-3-2-6-11(12)14-13(15)16-8-4-5-10(16)9-17/h2-3,6-7,10,17H,4-5,8-9H2,1H3. The van der Waals surface area contributed by atoms with Crippen molar-refractivity contribution in [3.8, 4) is 0 Å². The lowest BCUT2D eigenvalue weighted by Gasteiger charge is -2.23. The number of fused-ring (bicyclic) bond motifs is 1. The summed E-state index contributed by atoms with van der Waals surface area (Å²) in [5, 5.41) is 9.38. The number of nitrogens with zero attached hydrogens (tertiary/aromatic N) is 3. The van der Waals surface area contributed by atoms with Gasteiger partial charge in [0.05, 0.1) is 23.7 Å². The van der Waals surface area contributed by atoms with E-state index in [4.69, 9.17) is 0 Å². The van der Waals surface area contributed by atoms with E-state index >= 15 is 0 Å². The molecule has 0 saturated carbocycles. The van der Waals surface area contributed by atoms with E-state index in [2.05, 4.69) is 20.5 Å². The van der Waals surface area contributed by atoms with Crippen LogP contribution in [0.25, 0.3) is 11.0 Å². The second-order valence-electron chi connectivity index (χ2n) is 4.63. The number of aliphatic hydroxyl groups is 1. The molecule has 1 aliphatic heterocycles. The van der Waals surface area contributed by atoms with Gasteiger partial charge in [-0.2, -0.15) is 0 Å². The predicted molar refractivity (Wildman–Crippen MR) is 68.2 cm³/mol. The summed E-state index contributed by atoms with van der Waals surface area (Å²) < 4.78 is 2.11. The van der Waals surface area contributed by atoms with E-state index in [1.165, 1.54) is 0 Å². The van der Waals surface area contributed by atoms with Gasteiger partial charge in [-0.3, -0.25) is 0 Å². The van der Waals surface area contributed by atoms with Crippen LogP contribution in [0.5, 0.6) is 0 Å². The number of imidazole rings is 1.